The molecule has 2 fully saturated rings. The minimum Gasteiger partial charge on any atom is -0.480 e. The first-order valence-corrected chi connectivity index (χ1v) is 9.23. The largest absolute Gasteiger partial charge is 0.480 e. The summed E-state index contributed by atoms with van der Waals surface area (Å²) in [6.45, 7) is 0.288. The molecule has 1 aliphatic heterocycles. The minimum absolute atomic E-state index is 0.0601. The van der Waals surface area contributed by atoms with Crippen molar-refractivity contribution in [2.75, 3.05) is 6.54 Å². The van der Waals surface area contributed by atoms with E-state index in [-0.39, 0.29) is 23.3 Å². The van der Waals surface area contributed by atoms with Gasteiger partial charge in [-0.15, -0.1) is 0 Å². The van der Waals surface area contributed by atoms with Crippen LogP contribution in [0.3, 0.4) is 0 Å². The van der Waals surface area contributed by atoms with Crippen LogP contribution < -0.4 is 0 Å². The molecule has 0 bridgehead atoms. The van der Waals surface area contributed by atoms with Crippen LogP contribution in [0.2, 0.25) is 5.02 Å². The maximum atomic E-state index is 12.8. The lowest BCUT2D eigenvalue weighted by molar-refractivity contribution is -0.142. The predicted molar refractivity (Wildman–Crippen MR) is 82.2 cm³/mol. The predicted octanol–water partition coefficient (Wildman–Crippen LogP) is 2.60. The van der Waals surface area contributed by atoms with E-state index in [1.165, 1.54) is 16.4 Å². The normalized spacial score (nSPS) is 29.2. The smallest absolute Gasteiger partial charge is 0.322 e. The number of carbonyl (C=O) groups is 1. The van der Waals surface area contributed by atoms with Crippen molar-refractivity contribution in [1.82, 2.24) is 4.31 Å². The highest BCUT2D eigenvalue weighted by molar-refractivity contribution is 7.89. The van der Waals surface area contributed by atoms with Crippen molar-refractivity contribution >= 4 is 27.6 Å². The Balaban J connectivity index is 2.00. The zero-order valence-electron chi connectivity index (χ0n) is 12.0. The van der Waals surface area contributed by atoms with Gasteiger partial charge in [0.1, 0.15) is 6.04 Å². The molecule has 2 aliphatic rings. The number of hydrogen-bond donors (Lipinski definition) is 1. The number of carboxylic acid groups (broad SMARTS) is 1. The van der Waals surface area contributed by atoms with E-state index in [9.17, 15) is 18.3 Å². The van der Waals surface area contributed by atoms with Crippen LogP contribution in [0.1, 0.15) is 25.7 Å². The first kappa shape index (κ1) is 15.8. The summed E-state index contributed by atoms with van der Waals surface area (Å²) in [7, 11) is -3.85. The number of fused-ring (bicyclic) bond motifs is 1. The molecule has 1 saturated carbocycles. The second-order valence-corrected chi connectivity index (χ2v) is 8.35. The highest BCUT2D eigenvalue weighted by atomic mass is 35.5. The van der Waals surface area contributed by atoms with E-state index in [2.05, 4.69) is 0 Å². The summed E-state index contributed by atoms with van der Waals surface area (Å²) in [4.78, 5) is 11.7. The number of rotatable bonds is 3. The van der Waals surface area contributed by atoms with Gasteiger partial charge in [0.2, 0.25) is 10.0 Å². The third-order valence-electron chi connectivity index (χ3n) is 4.75. The molecule has 1 aliphatic carbocycles. The second-order valence-electron chi connectivity index (χ2n) is 6.02. The quantitative estimate of drug-likeness (QED) is 0.915. The first-order chi connectivity index (χ1) is 10.4. The Morgan fingerprint density at radius 1 is 1.27 bits per heavy atom. The van der Waals surface area contributed by atoms with E-state index in [0.29, 0.717) is 5.02 Å². The summed E-state index contributed by atoms with van der Waals surface area (Å²) in [5, 5.41) is 9.88. The van der Waals surface area contributed by atoms with Gasteiger partial charge in [-0.05, 0) is 42.9 Å². The van der Waals surface area contributed by atoms with Crippen molar-refractivity contribution in [3.8, 4) is 0 Å². The summed E-state index contributed by atoms with van der Waals surface area (Å²) in [6.07, 6.45) is 3.69. The molecule has 5 nitrogen and oxygen atoms in total. The van der Waals surface area contributed by atoms with Crippen LogP contribution in [0.15, 0.2) is 29.2 Å². The molecule has 1 aromatic carbocycles. The van der Waals surface area contributed by atoms with E-state index in [0.717, 1.165) is 25.7 Å². The standard InChI is InChI=1S/C15H18ClNO4S/c16-11-5-3-6-12(8-11)22(20,21)17-9-10-4-1-2-7-13(10)14(17)15(18)19/h3,5-6,8,10,13-14H,1-2,4,7,9H2,(H,18,19). The second kappa shape index (κ2) is 5.83. The molecule has 3 atom stereocenters. The first-order valence-electron chi connectivity index (χ1n) is 7.41. The lowest BCUT2D eigenvalue weighted by Crippen LogP contribution is -2.43. The Morgan fingerprint density at radius 2 is 2.00 bits per heavy atom. The van der Waals surface area contributed by atoms with Gasteiger partial charge in [0, 0.05) is 11.6 Å². The van der Waals surface area contributed by atoms with Crippen molar-refractivity contribution in [3.05, 3.63) is 29.3 Å². The maximum Gasteiger partial charge on any atom is 0.322 e. The number of aliphatic carboxylic acids is 1. The monoisotopic (exact) mass is 343 g/mol. The van der Waals surface area contributed by atoms with Gasteiger partial charge in [-0.1, -0.05) is 30.5 Å². The van der Waals surface area contributed by atoms with Crippen LogP contribution >= 0.6 is 11.6 Å². The van der Waals surface area contributed by atoms with E-state index in [1.807, 2.05) is 0 Å². The van der Waals surface area contributed by atoms with Gasteiger partial charge in [-0.2, -0.15) is 4.31 Å². The van der Waals surface area contributed by atoms with Crippen LogP contribution in [0, 0.1) is 11.8 Å². The van der Waals surface area contributed by atoms with Crippen LogP contribution in [-0.4, -0.2) is 36.4 Å². The van der Waals surface area contributed by atoms with Gasteiger partial charge in [-0.3, -0.25) is 4.79 Å². The molecule has 1 heterocycles. The summed E-state index contributed by atoms with van der Waals surface area (Å²) < 4.78 is 26.9. The molecule has 3 unspecified atom stereocenters. The van der Waals surface area contributed by atoms with Gasteiger partial charge >= 0.3 is 5.97 Å². The molecular formula is C15H18ClNO4S. The lowest BCUT2D eigenvalue weighted by atomic mass is 9.78. The summed E-state index contributed by atoms with van der Waals surface area (Å²) in [6, 6.07) is 5.03. The Bertz CT molecular complexity index is 691. The van der Waals surface area contributed by atoms with Gasteiger partial charge in [0.15, 0.2) is 0 Å². The molecule has 120 valence electrons. The molecule has 1 saturated heterocycles. The molecule has 0 aromatic heterocycles. The van der Waals surface area contributed by atoms with Crippen LogP contribution in [0.25, 0.3) is 0 Å². The van der Waals surface area contributed by atoms with Crippen molar-refractivity contribution in [1.29, 1.82) is 0 Å². The summed E-state index contributed by atoms with van der Waals surface area (Å²) in [5.41, 5.74) is 0. The Kier molecular flexibility index (Phi) is 4.18. The van der Waals surface area contributed by atoms with Crippen molar-refractivity contribution in [3.63, 3.8) is 0 Å². The number of carboxylic acids is 1. The lowest BCUT2D eigenvalue weighted by Gasteiger charge is -2.27. The van der Waals surface area contributed by atoms with Crippen LogP contribution in [0.5, 0.6) is 0 Å². The molecule has 0 spiro atoms. The zero-order valence-corrected chi connectivity index (χ0v) is 13.6. The van der Waals surface area contributed by atoms with Gasteiger partial charge in [-0.25, -0.2) is 8.42 Å². The third kappa shape index (κ3) is 2.64. The Hall–Kier alpha value is -1.11. The molecule has 1 aromatic rings. The summed E-state index contributed by atoms with van der Waals surface area (Å²) in [5.74, 6) is -0.996. The molecule has 22 heavy (non-hydrogen) atoms. The van der Waals surface area contributed by atoms with Gasteiger partial charge < -0.3 is 5.11 Å². The fourth-order valence-electron chi connectivity index (χ4n) is 3.75. The number of sulfonamides is 1. The molecule has 0 amide bonds. The topological polar surface area (TPSA) is 74.7 Å². The average molecular weight is 344 g/mol. The van der Waals surface area contributed by atoms with Crippen LogP contribution in [-0.2, 0) is 14.8 Å². The van der Waals surface area contributed by atoms with Gasteiger partial charge in [0.05, 0.1) is 4.90 Å². The highest BCUT2D eigenvalue weighted by Gasteiger charge is 2.51. The molecule has 7 heteroatoms. The molecule has 1 N–H and O–H groups in total. The fourth-order valence-corrected chi connectivity index (χ4v) is 5.74. The van der Waals surface area contributed by atoms with Crippen molar-refractivity contribution in [2.24, 2.45) is 11.8 Å². The maximum absolute atomic E-state index is 12.8. The van der Waals surface area contributed by atoms with Crippen molar-refractivity contribution in [2.45, 2.75) is 36.6 Å². The number of halogens is 1. The van der Waals surface area contributed by atoms with Gasteiger partial charge in [0.25, 0.3) is 0 Å². The van der Waals surface area contributed by atoms with E-state index in [1.54, 1.807) is 12.1 Å². The van der Waals surface area contributed by atoms with E-state index in [4.69, 9.17) is 11.6 Å². The molecule has 0 radical (unpaired) electrons. The van der Waals surface area contributed by atoms with Crippen LogP contribution in [0.4, 0.5) is 0 Å². The molecular weight excluding hydrogens is 326 g/mol. The van der Waals surface area contributed by atoms with E-state index >= 15 is 0 Å². The Morgan fingerprint density at radius 3 is 2.68 bits per heavy atom. The molecule has 3 rings (SSSR count). The fraction of sp³-hybridized carbons (Fsp3) is 0.533. The number of hydrogen-bond acceptors (Lipinski definition) is 3. The number of nitrogens with zero attached hydrogens (tertiary/aromatic N) is 1. The average Bonchev–Trinajstić information content (AvgIpc) is 2.87. The highest BCUT2D eigenvalue weighted by Crippen LogP contribution is 2.42. The van der Waals surface area contributed by atoms with E-state index < -0.39 is 22.0 Å². The minimum atomic E-state index is -3.85. The third-order valence-corrected chi connectivity index (χ3v) is 6.83. The van der Waals surface area contributed by atoms with Crippen molar-refractivity contribution < 1.29 is 18.3 Å². The number of benzene rings is 1. The SMILES string of the molecule is O=C(O)C1C2CCCCC2CN1S(=O)(=O)c1cccc(Cl)c1. The zero-order chi connectivity index (χ0) is 15.9. The Labute approximate surface area is 134 Å². The summed E-state index contributed by atoms with van der Waals surface area (Å²) >= 11 is 5.88.